The van der Waals surface area contributed by atoms with Crippen molar-refractivity contribution in [3.05, 3.63) is 53.2 Å². The summed E-state index contributed by atoms with van der Waals surface area (Å²) in [6, 6.07) is 10.3. The molecule has 0 atom stereocenters. The molecule has 92 valence electrons. The van der Waals surface area contributed by atoms with Gasteiger partial charge in [-0.3, -0.25) is 4.79 Å². The minimum Gasteiger partial charge on any atom is -0.480 e. The Balaban J connectivity index is 2.24. The van der Waals surface area contributed by atoms with Gasteiger partial charge in [-0.25, -0.2) is 4.98 Å². The molecule has 0 spiro atoms. The maximum absolute atomic E-state index is 12.0. The molecule has 0 bridgehead atoms. The first-order chi connectivity index (χ1) is 8.72. The minimum atomic E-state index is -0.299. The SMILES string of the molecule is COc1ncccc1NC(=O)c1ccccc1Cl. The van der Waals surface area contributed by atoms with Gasteiger partial charge in [0.15, 0.2) is 0 Å². The molecule has 18 heavy (non-hydrogen) atoms. The summed E-state index contributed by atoms with van der Waals surface area (Å²) in [5.41, 5.74) is 0.912. The van der Waals surface area contributed by atoms with Gasteiger partial charge in [-0.2, -0.15) is 0 Å². The first kappa shape index (κ1) is 12.4. The molecule has 1 amide bonds. The number of aromatic nitrogens is 1. The quantitative estimate of drug-likeness (QED) is 0.925. The van der Waals surface area contributed by atoms with E-state index < -0.39 is 0 Å². The number of amides is 1. The molecule has 0 aliphatic rings. The molecule has 0 aliphatic heterocycles. The third kappa shape index (κ3) is 2.60. The molecule has 0 radical (unpaired) electrons. The molecule has 4 nitrogen and oxygen atoms in total. The second-order valence-corrected chi connectivity index (χ2v) is 3.90. The zero-order valence-corrected chi connectivity index (χ0v) is 10.4. The van der Waals surface area contributed by atoms with Gasteiger partial charge in [-0.15, -0.1) is 0 Å². The van der Waals surface area contributed by atoms with Crippen LogP contribution in [-0.2, 0) is 0 Å². The Hall–Kier alpha value is -2.07. The fourth-order valence-electron chi connectivity index (χ4n) is 1.48. The number of carbonyl (C=O) groups is 1. The summed E-state index contributed by atoms with van der Waals surface area (Å²) >= 11 is 5.95. The second-order valence-electron chi connectivity index (χ2n) is 3.49. The van der Waals surface area contributed by atoms with Crippen LogP contribution in [0.15, 0.2) is 42.6 Å². The monoisotopic (exact) mass is 262 g/mol. The van der Waals surface area contributed by atoms with E-state index >= 15 is 0 Å². The van der Waals surface area contributed by atoms with Crippen LogP contribution in [0, 0.1) is 0 Å². The molecule has 2 aromatic rings. The van der Waals surface area contributed by atoms with E-state index in [9.17, 15) is 4.79 Å². The Kier molecular flexibility index (Phi) is 3.79. The molecular formula is C13H11ClN2O2. The predicted octanol–water partition coefficient (Wildman–Crippen LogP) is 3.00. The summed E-state index contributed by atoms with van der Waals surface area (Å²) in [5.74, 6) is 0.0600. The lowest BCUT2D eigenvalue weighted by Crippen LogP contribution is -2.13. The van der Waals surface area contributed by atoms with Gasteiger partial charge in [0, 0.05) is 6.20 Å². The van der Waals surface area contributed by atoms with E-state index in [-0.39, 0.29) is 5.91 Å². The molecule has 0 unspecified atom stereocenters. The van der Waals surface area contributed by atoms with Crippen LogP contribution >= 0.6 is 11.6 Å². The third-order valence-corrected chi connectivity index (χ3v) is 2.66. The third-order valence-electron chi connectivity index (χ3n) is 2.33. The molecule has 5 heteroatoms. The Bertz CT molecular complexity index is 572. The highest BCUT2D eigenvalue weighted by Gasteiger charge is 2.12. The summed E-state index contributed by atoms with van der Waals surface area (Å²) in [6.07, 6.45) is 1.59. The smallest absolute Gasteiger partial charge is 0.257 e. The first-order valence-corrected chi connectivity index (χ1v) is 5.65. The van der Waals surface area contributed by atoms with Gasteiger partial charge in [-0.05, 0) is 24.3 Å². The molecule has 0 saturated carbocycles. The van der Waals surface area contributed by atoms with Gasteiger partial charge in [-0.1, -0.05) is 23.7 Å². The van der Waals surface area contributed by atoms with Crippen LogP contribution in [0.2, 0.25) is 5.02 Å². The number of ether oxygens (including phenoxy) is 1. The lowest BCUT2D eigenvalue weighted by Gasteiger charge is -2.09. The van der Waals surface area contributed by atoms with Crippen LogP contribution in [0.5, 0.6) is 5.88 Å². The Labute approximate surface area is 110 Å². The van der Waals surface area contributed by atoms with Crippen molar-refractivity contribution in [1.82, 2.24) is 4.98 Å². The number of hydrogen-bond acceptors (Lipinski definition) is 3. The van der Waals surface area contributed by atoms with E-state index in [0.29, 0.717) is 22.2 Å². The van der Waals surface area contributed by atoms with Crippen molar-refractivity contribution in [2.24, 2.45) is 0 Å². The number of nitrogens with one attached hydrogen (secondary N) is 1. The van der Waals surface area contributed by atoms with Gasteiger partial charge in [0.2, 0.25) is 5.88 Å². The average Bonchev–Trinajstić information content (AvgIpc) is 2.39. The molecule has 2 rings (SSSR count). The van der Waals surface area contributed by atoms with Crippen molar-refractivity contribution < 1.29 is 9.53 Å². The maximum Gasteiger partial charge on any atom is 0.257 e. The minimum absolute atomic E-state index is 0.299. The summed E-state index contributed by atoms with van der Waals surface area (Å²) in [4.78, 5) is 16.0. The summed E-state index contributed by atoms with van der Waals surface area (Å²) < 4.78 is 5.05. The zero-order chi connectivity index (χ0) is 13.0. The van der Waals surface area contributed by atoms with Crippen LogP contribution in [0.25, 0.3) is 0 Å². The highest BCUT2D eigenvalue weighted by molar-refractivity contribution is 6.34. The predicted molar refractivity (Wildman–Crippen MR) is 70.2 cm³/mol. The zero-order valence-electron chi connectivity index (χ0n) is 9.68. The first-order valence-electron chi connectivity index (χ1n) is 5.27. The fraction of sp³-hybridized carbons (Fsp3) is 0.0769. The lowest BCUT2D eigenvalue weighted by molar-refractivity contribution is 0.102. The molecule has 1 aromatic carbocycles. The lowest BCUT2D eigenvalue weighted by atomic mass is 10.2. The van der Waals surface area contributed by atoms with Crippen LogP contribution in [0.3, 0.4) is 0 Å². The van der Waals surface area contributed by atoms with Gasteiger partial charge < -0.3 is 10.1 Å². The topological polar surface area (TPSA) is 51.2 Å². The van der Waals surface area contributed by atoms with Gasteiger partial charge in [0.1, 0.15) is 5.69 Å². The highest BCUT2D eigenvalue weighted by atomic mass is 35.5. The van der Waals surface area contributed by atoms with Crippen molar-refractivity contribution in [2.45, 2.75) is 0 Å². The van der Waals surface area contributed by atoms with Crippen molar-refractivity contribution in [3.63, 3.8) is 0 Å². The molecule has 1 N–H and O–H groups in total. The largest absolute Gasteiger partial charge is 0.480 e. The van der Waals surface area contributed by atoms with Gasteiger partial charge >= 0.3 is 0 Å². The molecule has 1 heterocycles. The van der Waals surface area contributed by atoms with E-state index in [1.807, 2.05) is 0 Å². The van der Waals surface area contributed by atoms with E-state index in [2.05, 4.69) is 10.3 Å². The number of nitrogens with zero attached hydrogens (tertiary/aromatic N) is 1. The number of hydrogen-bond donors (Lipinski definition) is 1. The molecular weight excluding hydrogens is 252 g/mol. The molecule has 0 saturated heterocycles. The van der Waals surface area contributed by atoms with E-state index in [4.69, 9.17) is 16.3 Å². The molecule has 0 aliphatic carbocycles. The summed E-state index contributed by atoms with van der Waals surface area (Å²) in [6.45, 7) is 0. The highest BCUT2D eigenvalue weighted by Crippen LogP contribution is 2.22. The van der Waals surface area contributed by atoms with Crippen molar-refractivity contribution in [2.75, 3.05) is 12.4 Å². The molecule has 0 fully saturated rings. The van der Waals surface area contributed by atoms with Crippen LogP contribution < -0.4 is 10.1 Å². The van der Waals surface area contributed by atoms with Crippen molar-refractivity contribution in [1.29, 1.82) is 0 Å². The number of benzene rings is 1. The number of carbonyl (C=O) groups excluding carboxylic acids is 1. The number of methoxy groups -OCH3 is 1. The fourth-order valence-corrected chi connectivity index (χ4v) is 1.71. The Morgan fingerprint density at radius 1 is 1.28 bits per heavy atom. The standard InChI is InChI=1S/C13H11ClN2O2/c1-18-13-11(7-4-8-15-13)16-12(17)9-5-2-3-6-10(9)14/h2-8H,1H3,(H,16,17). The van der Waals surface area contributed by atoms with Gasteiger partial charge in [0.25, 0.3) is 5.91 Å². The van der Waals surface area contributed by atoms with E-state index in [1.54, 1.807) is 42.6 Å². The van der Waals surface area contributed by atoms with E-state index in [0.717, 1.165) is 0 Å². The molecule has 1 aromatic heterocycles. The average molecular weight is 263 g/mol. The summed E-state index contributed by atoms with van der Waals surface area (Å²) in [5, 5.41) is 3.11. The normalized spacial score (nSPS) is 9.89. The number of rotatable bonds is 3. The number of halogens is 1. The van der Waals surface area contributed by atoms with Crippen LogP contribution in [0.4, 0.5) is 5.69 Å². The Morgan fingerprint density at radius 3 is 2.78 bits per heavy atom. The summed E-state index contributed by atoms with van der Waals surface area (Å²) in [7, 11) is 1.49. The van der Waals surface area contributed by atoms with E-state index in [1.165, 1.54) is 7.11 Å². The maximum atomic E-state index is 12.0. The number of anilines is 1. The number of pyridine rings is 1. The second kappa shape index (κ2) is 5.51. The Morgan fingerprint density at radius 2 is 2.06 bits per heavy atom. The van der Waals surface area contributed by atoms with Crippen molar-refractivity contribution >= 4 is 23.2 Å². The van der Waals surface area contributed by atoms with Gasteiger partial charge in [0.05, 0.1) is 17.7 Å². The van der Waals surface area contributed by atoms with Crippen LogP contribution in [0.1, 0.15) is 10.4 Å². The van der Waals surface area contributed by atoms with Crippen LogP contribution in [-0.4, -0.2) is 18.0 Å². The van der Waals surface area contributed by atoms with Crippen molar-refractivity contribution in [3.8, 4) is 5.88 Å².